The summed E-state index contributed by atoms with van der Waals surface area (Å²) in [6.07, 6.45) is 3.39. The first kappa shape index (κ1) is 12.8. The van der Waals surface area contributed by atoms with Crippen LogP contribution >= 0.6 is 0 Å². The second-order valence-corrected chi connectivity index (χ2v) is 6.94. The molecule has 2 rings (SSSR count). The molecule has 1 saturated heterocycles. The van der Waals surface area contributed by atoms with Gasteiger partial charge in [-0.2, -0.15) is 17.0 Å². The molecule has 2 fully saturated rings. The maximum Gasteiger partial charge on any atom is 0.282 e. The zero-order valence-electron chi connectivity index (χ0n) is 10.2. The van der Waals surface area contributed by atoms with E-state index in [1.54, 1.807) is 0 Å². The van der Waals surface area contributed by atoms with Gasteiger partial charge in [-0.15, -0.1) is 0 Å². The third kappa shape index (κ3) is 2.61. The normalized spacial score (nSPS) is 26.4. The lowest BCUT2D eigenvalue weighted by atomic mass is 10.2. The standard InChI is InChI=1S/C10H19N3O3S/c1-12(2)17(15,16)13-7-3-4-9(13)10(14)11-8-5-6-8/h8-9H,3-7H2,1-2H3,(H,11,14)/t9-/m1/s1. The molecule has 1 aliphatic carbocycles. The number of nitrogens with zero attached hydrogens (tertiary/aromatic N) is 2. The van der Waals surface area contributed by atoms with E-state index in [9.17, 15) is 13.2 Å². The van der Waals surface area contributed by atoms with E-state index >= 15 is 0 Å². The Morgan fingerprint density at radius 1 is 1.29 bits per heavy atom. The van der Waals surface area contributed by atoms with E-state index in [1.165, 1.54) is 18.4 Å². The molecule has 1 amide bonds. The molecule has 1 saturated carbocycles. The zero-order chi connectivity index (χ0) is 12.6. The second kappa shape index (κ2) is 4.55. The third-order valence-electron chi connectivity index (χ3n) is 3.19. The van der Waals surface area contributed by atoms with E-state index in [0.29, 0.717) is 13.0 Å². The molecular formula is C10H19N3O3S. The second-order valence-electron chi connectivity index (χ2n) is 4.84. The molecule has 98 valence electrons. The number of rotatable bonds is 4. The van der Waals surface area contributed by atoms with Gasteiger partial charge in [0.2, 0.25) is 5.91 Å². The summed E-state index contributed by atoms with van der Waals surface area (Å²) in [5.74, 6) is -0.143. The van der Waals surface area contributed by atoms with Crippen molar-refractivity contribution < 1.29 is 13.2 Å². The van der Waals surface area contributed by atoms with E-state index in [-0.39, 0.29) is 11.9 Å². The lowest BCUT2D eigenvalue weighted by molar-refractivity contribution is -0.124. The van der Waals surface area contributed by atoms with Crippen molar-refractivity contribution in [3.05, 3.63) is 0 Å². The van der Waals surface area contributed by atoms with Crippen LogP contribution in [0.25, 0.3) is 0 Å². The van der Waals surface area contributed by atoms with E-state index < -0.39 is 16.3 Å². The van der Waals surface area contributed by atoms with Gasteiger partial charge in [0.25, 0.3) is 10.2 Å². The maximum atomic E-state index is 12.0. The molecule has 1 atom stereocenters. The lowest BCUT2D eigenvalue weighted by Gasteiger charge is -2.26. The Balaban J connectivity index is 2.08. The predicted molar refractivity (Wildman–Crippen MR) is 63.5 cm³/mol. The largest absolute Gasteiger partial charge is 0.352 e. The van der Waals surface area contributed by atoms with Gasteiger partial charge in [0.05, 0.1) is 0 Å². The van der Waals surface area contributed by atoms with Gasteiger partial charge in [0.15, 0.2) is 0 Å². The Hall–Kier alpha value is -0.660. The monoisotopic (exact) mass is 261 g/mol. The van der Waals surface area contributed by atoms with Crippen molar-refractivity contribution in [3.63, 3.8) is 0 Å². The Kier molecular flexibility index (Phi) is 3.42. The smallest absolute Gasteiger partial charge is 0.282 e. The number of carbonyl (C=O) groups is 1. The molecule has 1 aliphatic heterocycles. The number of hydrogen-bond acceptors (Lipinski definition) is 3. The highest BCUT2D eigenvalue weighted by Crippen LogP contribution is 2.24. The van der Waals surface area contributed by atoms with Gasteiger partial charge in [-0.25, -0.2) is 0 Å². The van der Waals surface area contributed by atoms with Crippen LogP contribution in [0.3, 0.4) is 0 Å². The minimum absolute atomic E-state index is 0.143. The average molecular weight is 261 g/mol. The summed E-state index contributed by atoms with van der Waals surface area (Å²) in [6, 6.07) is -0.255. The van der Waals surface area contributed by atoms with Crippen molar-refractivity contribution in [2.24, 2.45) is 0 Å². The van der Waals surface area contributed by atoms with Crippen LogP contribution in [0.15, 0.2) is 0 Å². The highest BCUT2D eigenvalue weighted by Gasteiger charge is 2.40. The number of nitrogens with one attached hydrogen (secondary N) is 1. The van der Waals surface area contributed by atoms with E-state index in [0.717, 1.165) is 23.6 Å². The highest BCUT2D eigenvalue weighted by molar-refractivity contribution is 7.86. The van der Waals surface area contributed by atoms with Crippen LogP contribution < -0.4 is 5.32 Å². The summed E-state index contributed by atoms with van der Waals surface area (Å²) >= 11 is 0. The molecule has 6 nitrogen and oxygen atoms in total. The van der Waals surface area contributed by atoms with Gasteiger partial charge in [-0.1, -0.05) is 0 Å². The van der Waals surface area contributed by atoms with Gasteiger partial charge in [-0.05, 0) is 25.7 Å². The van der Waals surface area contributed by atoms with E-state index in [4.69, 9.17) is 0 Å². The fourth-order valence-corrected chi connectivity index (χ4v) is 3.32. The van der Waals surface area contributed by atoms with E-state index in [1.807, 2.05) is 0 Å². The van der Waals surface area contributed by atoms with Crippen LogP contribution in [0, 0.1) is 0 Å². The number of amides is 1. The van der Waals surface area contributed by atoms with Crippen LogP contribution in [0.2, 0.25) is 0 Å². The summed E-state index contributed by atoms with van der Waals surface area (Å²) in [5, 5.41) is 2.87. The fraction of sp³-hybridized carbons (Fsp3) is 0.900. The van der Waals surface area contributed by atoms with E-state index in [2.05, 4.69) is 5.32 Å². The zero-order valence-corrected chi connectivity index (χ0v) is 11.0. The molecule has 1 heterocycles. The molecule has 1 N–H and O–H groups in total. The lowest BCUT2D eigenvalue weighted by Crippen LogP contribution is -2.49. The summed E-state index contributed by atoms with van der Waals surface area (Å²) < 4.78 is 26.5. The SMILES string of the molecule is CN(C)S(=O)(=O)N1CCC[C@@H]1C(=O)NC1CC1. The summed E-state index contributed by atoms with van der Waals surface area (Å²) in [5.41, 5.74) is 0. The summed E-state index contributed by atoms with van der Waals surface area (Å²) in [4.78, 5) is 11.9. The van der Waals surface area contributed by atoms with Crippen molar-refractivity contribution in [3.8, 4) is 0 Å². The number of hydrogen-bond donors (Lipinski definition) is 1. The Morgan fingerprint density at radius 3 is 2.47 bits per heavy atom. The first-order valence-corrected chi connectivity index (χ1v) is 7.32. The minimum Gasteiger partial charge on any atom is -0.352 e. The minimum atomic E-state index is -3.48. The highest BCUT2D eigenvalue weighted by atomic mass is 32.2. The van der Waals surface area contributed by atoms with Gasteiger partial charge in [0.1, 0.15) is 6.04 Å². The van der Waals surface area contributed by atoms with Crippen LogP contribution in [0.5, 0.6) is 0 Å². The molecule has 0 unspecified atom stereocenters. The molecule has 7 heteroatoms. The van der Waals surface area contributed by atoms with Crippen LogP contribution in [0.4, 0.5) is 0 Å². The topological polar surface area (TPSA) is 69.7 Å². The molecule has 2 aliphatic rings. The van der Waals surface area contributed by atoms with Crippen molar-refractivity contribution in [2.75, 3.05) is 20.6 Å². The quantitative estimate of drug-likeness (QED) is 0.744. The average Bonchev–Trinajstić information content (AvgIpc) is 2.92. The first-order valence-electron chi connectivity index (χ1n) is 5.92. The molecule has 0 aromatic heterocycles. The Morgan fingerprint density at radius 2 is 1.94 bits per heavy atom. The molecule has 0 bridgehead atoms. The molecule has 0 spiro atoms. The van der Waals surface area contributed by atoms with Gasteiger partial charge in [-0.3, -0.25) is 4.79 Å². The van der Waals surface area contributed by atoms with Gasteiger partial charge in [0, 0.05) is 26.7 Å². The Labute approximate surface area is 102 Å². The van der Waals surface area contributed by atoms with Crippen molar-refractivity contribution in [1.82, 2.24) is 13.9 Å². The van der Waals surface area contributed by atoms with Crippen molar-refractivity contribution in [2.45, 2.75) is 37.8 Å². The fourth-order valence-electron chi connectivity index (χ4n) is 2.01. The summed E-state index contributed by atoms with van der Waals surface area (Å²) in [6.45, 7) is 0.434. The molecular weight excluding hydrogens is 242 g/mol. The van der Waals surface area contributed by atoms with Crippen LogP contribution in [0.1, 0.15) is 25.7 Å². The van der Waals surface area contributed by atoms with Crippen LogP contribution in [-0.2, 0) is 15.0 Å². The maximum absolute atomic E-state index is 12.0. The Bertz CT molecular complexity index is 403. The first-order chi connectivity index (χ1) is 7.93. The molecule has 17 heavy (non-hydrogen) atoms. The van der Waals surface area contributed by atoms with Gasteiger partial charge >= 0.3 is 0 Å². The molecule has 0 aromatic carbocycles. The van der Waals surface area contributed by atoms with Gasteiger partial charge < -0.3 is 5.32 Å². The molecule has 0 radical (unpaired) electrons. The predicted octanol–water partition coefficient (Wildman–Crippen LogP) is -0.464. The number of carbonyl (C=O) groups excluding carboxylic acids is 1. The summed E-state index contributed by atoms with van der Waals surface area (Å²) in [7, 11) is -0.501. The molecule has 0 aromatic rings. The van der Waals surface area contributed by atoms with Crippen LogP contribution in [-0.4, -0.2) is 55.7 Å². The third-order valence-corrected chi connectivity index (χ3v) is 5.14. The van der Waals surface area contributed by atoms with Crippen molar-refractivity contribution in [1.29, 1.82) is 0 Å². The van der Waals surface area contributed by atoms with Crippen molar-refractivity contribution >= 4 is 16.1 Å².